The minimum absolute atomic E-state index is 0.134. The highest BCUT2D eigenvalue weighted by atomic mass is 32.2. The van der Waals surface area contributed by atoms with Crippen LogP contribution in [0.1, 0.15) is 42.0 Å². The van der Waals surface area contributed by atoms with Gasteiger partial charge in [-0.25, -0.2) is 4.39 Å². The van der Waals surface area contributed by atoms with Crippen molar-refractivity contribution in [2.75, 3.05) is 11.5 Å². The third kappa shape index (κ3) is 3.27. The highest BCUT2D eigenvalue weighted by molar-refractivity contribution is 7.99. The van der Waals surface area contributed by atoms with Crippen molar-refractivity contribution in [2.45, 2.75) is 39.2 Å². The van der Waals surface area contributed by atoms with Crippen molar-refractivity contribution >= 4 is 11.8 Å². The molecule has 1 unspecified atom stereocenters. The van der Waals surface area contributed by atoms with E-state index in [1.807, 2.05) is 31.7 Å². The predicted octanol–water partition coefficient (Wildman–Crippen LogP) is 3.98. The van der Waals surface area contributed by atoms with Gasteiger partial charge in [-0.2, -0.15) is 11.8 Å². The molecule has 0 amide bonds. The number of hydrogen-bond acceptors (Lipinski definition) is 2. The minimum Gasteiger partial charge on any atom is -0.324 e. The maximum atomic E-state index is 14.0. The van der Waals surface area contributed by atoms with E-state index < -0.39 is 0 Å². The summed E-state index contributed by atoms with van der Waals surface area (Å²) in [5.74, 6) is 2.99. The van der Waals surface area contributed by atoms with Crippen molar-refractivity contribution in [1.29, 1.82) is 0 Å². The number of aryl methyl sites for hydroxylation is 2. The summed E-state index contributed by atoms with van der Waals surface area (Å²) in [6, 6.07) is 3.46. The standard InChI is InChI=1S/C15H22FNS/c1-10-7-11(2)15(13(16)8-10)14(17)9-12-3-5-18-6-4-12/h7-8,12,14H,3-6,9,17H2,1-2H3. The zero-order chi connectivity index (χ0) is 13.1. The molecule has 2 N–H and O–H groups in total. The van der Waals surface area contributed by atoms with Crippen molar-refractivity contribution in [3.05, 3.63) is 34.6 Å². The molecule has 0 aromatic heterocycles. The van der Waals surface area contributed by atoms with Gasteiger partial charge in [0.1, 0.15) is 5.82 Å². The second-order valence-corrected chi connectivity index (χ2v) is 6.60. The molecule has 0 radical (unpaired) electrons. The molecule has 0 spiro atoms. The first-order valence-corrected chi connectivity index (χ1v) is 7.83. The van der Waals surface area contributed by atoms with Crippen LogP contribution in [0.15, 0.2) is 12.1 Å². The fourth-order valence-corrected chi connectivity index (χ4v) is 4.06. The zero-order valence-corrected chi connectivity index (χ0v) is 12.0. The van der Waals surface area contributed by atoms with Crippen LogP contribution >= 0.6 is 11.8 Å². The molecule has 18 heavy (non-hydrogen) atoms. The third-order valence-corrected chi connectivity index (χ3v) is 4.83. The third-order valence-electron chi connectivity index (χ3n) is 3.78. The van der Waals surface area contributed by atoms with Crippen LogP contribution in [0.25, 0.3) is 0 Å². The highest BCUT2D eigenvalue weighted by Crippen LogP contribution is 2.32. The second-order valence-electron chi connectivity index (χ2n) is 5.38. The van der Waals surface area contributed by atoms with Gasteiger partial charge >= 0.3 is 0 Å². The molecule has 2 rings (SSSR count). The predicted molar refractivity (Wildman–Crippen MR) is 77.5 cm³/mol. The molecule has 3 heteroatoms. The summed E-state index contributed by atoms with van der Waals surface area (Å²) < 4.78 is 14.0. The molecule has 0 saturated carbocycles. The zero-order valence-electron chi connectivity index (χ0n) is 11.2. The van der Waals surface area contributed by atoms with Crippen LogP contribution in [-0.2, 0) is 0 Å². The summed E-state index contributed by atoms with van der Waals surface area (Å²) in [7, 11) is 0. The Morgan fingerprint density at radius 1 is 1.33 bits per heavy atom. The Morgan fingerprint density at radius 2 is 2.00 bits per heavy atom. The molecule has 1 saturated heterocycles. The molecule has 0 bridgehead atoms. The summed E-state index contributed by atoms with van der Waals surface area (Å²) in [5.41, 5.74) is 8.91. The largest absolute Gasteiger partial charge is 0.324 e. The molecule has 1 fully saturated rings. The summed E-state index contributed by atoms with van der Waals surface area (Å²) in [4.78, 5) is 0. The van der Waals surface area contributed by atoms with Crippen molar-refractivity contribution in [3.8, 4) is 0 Å². The minimum atomic E-state index is -0.154. The lowest BCUT2D eigenvalue weighted by molar-refractivity contribution is 0.405. The van der Waals surface area contributed by atoms with Gasteiger partial charge in [0.15, 0.2) is 0 Å². The van der Waals surface area contributed by atoms with Crippen molar-refractivity contribution in [1.82, 2.24) is 0 Å². The molecule has 1 heterocycles. The van der Waals surface area contributed by atoms with Gasteiger partial charge in [0.2, 0.25) is 0 Å². The maximum absolute atomic E-state index is 14.0. The Kier molecular flexibility index (Phi) is 4.68. The second kappa shape index (κ2) is 6.07. The first kappa shape index (κ1) is 13.9. The Labute approximate surface area is 113 Å². The molecule has 0 aliphatic carbocycles. The summed E-state index contributed by atoms with van der Waals surface area (Å²) in [6.07, 6.45) is 3.37. The van der Waals surface area contributed by atoms with Gasteiger partial charge in [0.25, 0.3) is 0 Å². The molecular weight excluding hydrogens is 245 g/mol. The molecule has 1 aromatic carbocycles. The van der Waals surface area contributed by atoms with E-state index in [2.05, 4.69) is 0 Å². The van der Waals surface area contributed by atoms with Gasteiger partial charge < -0.3 is 5.73 Å². The Balaban J connectivity index is 2.10. The molecular formula is C15H22FNS. The molecule has 100 valence electrons. The summed E-state index contributed by atoms with van der Waals surface area (Å²) in [5, 5.41) is 0. The van der Waals surface area contributed by atoms with Gasteiger partial charge in [-0.05, 0) is 67.7 Å². The number of benzene rings is 1. The average Bonchev–Trinajstić information content (AvgIpc) is 2.28. The Hall–Kier alpha value is -0.540. The van der Waals surface area contributed by atoms with Gasteiger partial charge in [-0.1, -0.05) is 6.07 Å². The summed E-state index contributed by atoms with van der Waals surface area (Å²) in [6.45, 7) is 3.88. The van der Waals surface area contributed by atoms with E-state index in [0.29, 0.717) is 5.92 Å². The fourth-order valence-electron chi connectivity index (χ4n) is 2.86. The molecule has 1 aliphatic rings. The monoisotopic (exact) mass is 267 g/mol. The topological polar surface area (TPSA) is 26.0 Å². The van der Waals surface area contributed by atoms with E-state index in [0.717, 1.165) is 23.1 Å². The SMILES string of the molecule is Cc1cc(C)c(C(N)CC2CCSCC2)c(F)c1. The Bertz CT molecular complexity index is 390. The molecule has 1 nitrogen and oxygen atoms in total. The van der Waals surface area contributed by atoms with E-state index in [1.165, 1.54) is 24.3 Å². The molecule has 1 aliphatic heterocycles. The molecule has 1 atom stereocenters. The number of rotatable bonds is 3. The van der Waals surface area contributed by atoms with Crippen LogP contribution in [0.2, 0.25) is 0 Å². The first-order chi connectivity index (χ1) is 8.58. The Morgan fingerprint density at radius 3 is 2.61 bits per heavy atom. The van der Waals surface area contributed by atoms with E-state index in [1.54, 1.807) is 6.07 Å². The van der Waals surface area contributed by atoms with E-state index in [9.17, 15) is 4.39 Å². The van der Waals surface area contributed by atoms with Crippen LogP contribution in [0.3, 0.4) is 0 Å². The fraction of sp³-hybridized carbons (Fsp3) is 0.600. The van der Waals surface area contributed by atoms with Crippen LogP contribution in [-0.4, -0.2) is 11.5 Å². The highest BCUT2D eigenvalue weighted by Gasteiger charge is 2.21. The van der Waals surface area contributed by atoms with Gasteiger partial charge in [-0.15, -0.1) is 0 Å². The molecule has 1 aromatic rings. The van der Waals surface area contributed by atoms with Crippen LogP contribution < -0.4 is 5.73 Å². The van der Waals surface area contributed by atoms with Crippen LogP contribution in [0, 0.1) is 25.6 Å². The van der Waals surface area contributed by atoms with Gasteiger partial charge in [0, 0.05) is 11.6 Å². The number of halogens is 1. The lowest BCUT2D eigenvalue weighted by atomic mass is 9.89. The van der Waals surface area contributed by atoms with E-state index >= 15 is 0 Å². The smallest absolute Gasteiger partial charge is 0.128 e. The van der Waals surface area contributed by atoms with E-state index in [4.69, 9.17) is 5.73 Å². The lowest BCUT2D eigenvalue weighted by Gasteiger charge is -2.25. The maximum Gasteiger partial charge on any atom is 0.128 e. The summed E-state index contributed by atoms with van der Waals surface area (Å²) >= 11 is 2.01. The van der Waals surface area contributed by atoms with Crippen molar-refractivity contribution in [3.63, 3.8) is 0 Å². The quantitative estimate of drug-likeness (QED) is 0.896. The number of nitrogens with two attached hydrogens (primary N) is 1. The van der Waals surface area contributed by atoms with Crippen molar-refractivity contribution in [2.24, 2.45) is 11.7 Å². The van der Waals surface area contributed by atoms with Gasteiger partial charge in [0.05, 0.1) is 0 Å². The average molecular weight is 267 g/mol. The number of hydrogen-bond donors (Lipinski definition) is 1. The van der Waals surface area contributed by atoms with Crippen molar-refractivity contribution < 1.29 is 4.39 Å². The van der Waals surface area contributed by atoms with Crippen LogP contribution in [0.5, 0.6) is 0 Å². The van der Waals surface area contributed by atoms with Gasteiger partial charge in [-0.3, -0.25) is 0 Å². The van der Waals surface area contributed by atoms with E-state index in [-0.39, 0.29) is 11.9 Å². The first-order valence-electron chi connectivity index (χ1n) is 6.68. The number of thioether (sulfide) groups is 1. The lowest BCUT2D eigenvalue weighted by Crippen LogP contribution is -2.20. The normalized spacial score (nSPS) is 18.9. The van der Waals surface area contributed by atoms with Crippen LogP contribution in [0.4, 0.5) is 4.39 Å².